The molecule has 0 N–H and O–H groups in total. The fourth-order valence-electron chi connectivity index (χ4n) is 1.88. The van der Waals surface area contributed by atoms with Crippen molar-refractivity contribution in [3.63, 3.8) is 0 Å². The van der Waals surface area contributed by atoms with Gasteiger partial charge >= 0.3 is 0 Å². The predicted octanol–water partition coefficient (Wildman–Crippen LogP) is 5.85. The average Bonchev–Trinajstić information content (AvgIpc) is 2.56. The Bertz CT molecular complexity index is 579. The molecule has 0 saturated carbocycles. The van der Waals surface area contributed by atoms with Crippen molar-refractivity contribution in [1.29, 1.82) is 0 Å². The standard InChI is InChI=1S/C19H18Br2O2/c20-18(11-16-7-3-1-4-8-16)13-22-15-23-14-19(21)12-17-9-5-2-6-10-17/h1-12H,13-15H2/b18-11-,19-12-. The summed E-state index contributed by atoms with van der Waals surface area (Å²) in [6.45, 7) is 1.21. The molecule has 0 aliphatic carbocycles. The molecule has 0 unspecified atom stereocenters. The Morgan fingerprint density at radius 1 is 0.696 bits per heavy atom. The van der Waals surface area contributed by atoms with Gasteiger partial charge in [0, 0.05) is 8.96 Å². The summed E-state index contributed by atoms with van der Waals surface area (Å²) in [5, 5.41) is 0. The molecule has 0 heterocycles. The average molecular weight is 438 g/mol. The minimum atomic E-state index is 0.245. The van der Waals surface area contributed by atoms with Crippen LogP contribution >= 0.6 is 31.9 Å². The summed E-state index contributed by atoms with van der Waals surface area (Å²) in [7, 11) is 0. The number of hydrogen-bond donors (Lipinski definition) is 0. The number of halogens is 2. The highest BCUT2D eigenvalue weighted by Gasteiger charge is 1.97. The third-order valence-electron chi connectivity index (χ3n) is 2.89. The second kappa shape index (κ2) is 10.6. The second-order valence-corrected chi connectivity index (χ2v) is 6.86. The van der Waals surface area contributed by atoms with Gasteiger partial charge in [-0.3, -0.25) is 0 Å². The molecular weight excluding hydrogens is 420 g/mol. The summed E-state index contributed by atoms with van der Waals surface area (Å²) in [5.74, 6) is 0. The zero-order valence-corrected chi connectivity index (χ0v) is 15.8. The van der Waals surface area contributed by atoms with Gasteiger partial charge in [0.25, 0.3) is 0 Å². The van der Waals surface area contributed by atoms with Gasteiger partial charge in [-0.15, -0.1) is 0 Å². The zero-order chi connectivity index (χ0) is 16.3. The number of ether oxygens (including phenoxy) is 2. The van der Waals surface area contributed by atoms with Crippen molar-refractivity contribution in [3.8, 4) is 0 Å². The summed E-state index contributed by atoms with van der Waals surface area (Å²) in [6.07, 6.45) is 4.07. The van der Waals surface area contributed by atoms with Gasteiger partial charge in [-0.05, 0) is 23.3 Å². The second-order valence-electron chi connectivity index (χ2n) is 4.82. The van der Waals surface area contributed by atoms with Crippen LogP contribution in [0.3, 0.4) is 0 Å². The largest absolute Gasteiger partial charge is 0.350 e. The molecule has 2 aromatic carbocycles. The van der Waals surface area contributed by atoms with Gasteiger partial charge in [0.1, 0.15) is 6.79 Å². The molecule has 0 amide bonds. The quantitative estimate of drug-likeness (QED) is 0.381. The van der Waals surface area contributed by atoms with Gasteiger partial charge in [0.2, 0.25) is 0 Å². The van der Waals surface area contributed by atoms with Crippen LogP contribution in [0.25, 0.3) is 12.2 Å². The summed E-state index contributed by atoms with van der Waals surface area (Å²) in [6, 6.07) is 20.2. The van der Waals surface area contributed by atoms with E-state index in [-0.39, 0.29) is 6.79 Å². The molecule has 0 atom stereocenters. The summed E-state index contributed by atoms with van der Waals surface area (Å²) in [5.41, 5.74) is 2.27. The lowest BCUT2D eigenvalue weighted by atomic mass is 10.2. The minimum absolute atomic E-state index is 0.245. The first kappa shape index (κ1) is 18.1. The van der Waals surface area contributed by atoms with E-state index in [9.17, 15) is 0 Å². The Hall–Kier alpha value is -1.20. The van der Waals surface area contributed by atoms with Crippen molar-refractivity contribution in [3.05, 3.63) is 80.8 Å². The highest BCUT2D eigenvalue weighted by molar-refractivity contribution is 9.12. The monoisotopic (exact) mass is 436 g/mol. The molecule has 2 nitrogen and oxygen atoms in total. The summed E-state index contributed by atoms with van der Waals surface area (Å²) >= 11 is 7.00. The van der Waals surface area contributed by atoms with Crippen LogP contribution in [0.15, 0.2) is 69.6 Å². The van der Waals surface area contributed by atoms with Crippen molar-refractivity contribution in [2.24, 2.45) is 0 Å². The smallest absolute Gasteiger partial charge is 0.147 e. The van der Waals surface area contributed by atoms with Crippen LogP contribution in [-0.4, -0.2) is 20.0 Å². The fourth-order valence-corrected chi connectivity index (χ4v) is 2.73. The maximum atomic E-state index is 5.48. The molecule has 0 aliphatic heterocycles. The summed E-state index contributed by atoms with van der Waals surface area (Å²) in [4.78, 5) is 0. The van der Waals surface area contributed by atoms with E-state index >= 15 is 0 Å². The molecule has 120 valence electrons. The third-order valence-corrected chi connectivity index (χ3v) is 3.81. The van der Waals surface area contributed by atoms with Crippen LogP contribution in [-0.2, 0) is 9.47 Å². The van der Waals surface area contributed by atoms with E-state index < -0.39 is 0 Å². The first-order valence-electron chi connectivity index (χ1n) is 7.22. The van der Waals surface area contributed by atoms with E-state index in [0.29, 0.717) is 13.2 Å². The number of benzene rings is 2. The molecule has 0 spiro atoms. The van der Waals surface area contributed by atoms with E-state index in [1.54, 1.807) is 0 Å². The van der Waals surface area contributed by atoms with Crippen molar-refractivity contribution in [2.75, 3.05) is 20.0 Å². The Kier molecular flexibility index (Phi) is 8.32. The van der Waals surface area contributed by atoms with Crippen LogP contribution in [0.2, 0.25) is 0 Å². The SMILES string of the molecule is Br/C(=C\c1ccccc1)COCOC/C(Br)=C/c1ccccc1. The van der Waals surface area contributed by atoms with Crippen LogP contribution < -0.4 is 0 Å². The molecule has 0 fully saturated rings. The van der Waals surface area contributed by atoms with E-state index in [0.717, 1.165) is 20.1 Å². The first-order valence-corrected chi connectivity index (χ1v) is 8.80. The van der Waals surface area contributed by atoms with Crippen LogP contribution in [0, 0.1) is 0 Å². The van der Waals surface area contributed by atoms with E-state index in [2.05, 4.69) is 31.9 Å². The molecule has 2 aromatic rings. The van der Waals surface area contributed by atoms with Gasteiger partial charge < -0.3 is 9.47 Å². The molecule has 0 aliphatic rings. The van der Waals surface area contributed by atoms with Gasteiger partial charge in [-0.2, -0.15) is 0 Å². The van der Waals surface area contributed by atoms with E-state index in [1.807, 2.05) is 72.8 Å². The predicted molar refractivity (Wildman–Crippen MR) is 103 cm³/mol. The van der Waals surface area contributed by atoms with Crippen molar-refractivity contribution in [2.45, 2.75) is 0 Å². The van der Waals surface area contributed by atoms with Crippen LogP contribution in [0.1, 0.15) is 11.1 Å². The van der Waals surface area contributed by atoms with Crippen molar-refractivity contribution >= 4 is 44.0 Å². The Labute approximate surface area is 154 Å². The maximum Gasteiger partial charge on any atom is 0.147 e. The lowest BCUT2D eigenvalue weighted by Gasteiger charge is -2.05. The Morgan fingerprint density at radius 3 is 1.48 bits per heavy atom. The molecule has 0 aromatic heterocycles. The van der Waals surface area contributed by atoms with Gasteiger partial charge in [-0.1, -0.05) is 92.5 Å². The molecule has 0 bridgehead atoms. The van der Waals surface area contributed by atoms with E-state index in [4.69, 9.17) is 9.47 Å². The third kappa shape index (κ3) is 7.75. The zero-order valence-electron chi connectivity index (χ0n) is 12.6. The van der Waals surface area contributed by atoms with Crippen LogP contribution in [0.4, 0.5) is 0 Å². The highest BCUT2D eigenvalue weighted by Crippen LogP contribution is 2.14. The van der Waals surface area contributed by atoms with Crippen molar-refractivity contribution in [1.82, 2.24) is 0 Å². The van der Waals surface area contributed by atoms with Gasteiger partial charge in [0.05, 0.1) is 13.2 Å². The first-order chi connectivity index (χ1) is 11.2. The Balaban J connectivity index is 1.66. The van der Waals surface area contributed by atoms with E-state index in [1.165, 1.54) is 0 Å². The fraction of sp³-hybridized carbons (Fsp3) is 0.158. The van der Waals surface area contributed by atoms with Crippen LogP contribution in [0.5, 0.6) is 0 Å². The maximum absolute atomic E-state index is 5.48. The molecule has 0 radical (unpaired) electrons. The lowest BCUT2D eigenvalue weighted by Crippen LogP contribution is -2.02. The normalized spacial score (nSPS) is 12.4. The summed E-state index contributed by atoms with van der Waals surface area (Å²) < 4.78 is 12.9. The molecule has 2 rings (SSSR count). The molecular formula is C19H18Br2O2. The molecule has 23 heavy (non-hydrogen) atoms. The minimum Gasteiger partial charge on any atom is -0.350 e. The van der Waals surface area contributed by atoms with Crippen molar-refractivity contribution < 1.29 is 9.47 Å². The highest BCUT2D eigenvalue weighted by atomic mass is 79.9. The topological polar surface area (TPSA) is 18.5 Å². The number of rotatable bonds is 8. The lowest BCUT2D eigenvalue weighted by molar-refractivity contribution is -0.0339. The Morgan fingerprint density at radius 2 is 1.09 bits per heavy atom. The molecule has 4 heteroatoms. The molecule has 0 saturated heterocycles. The van der Waals surface area contributed by atoms with Gasteiger partial charge in [0.15, 0.2) is 0 Å². The van der Waals surface area contributed by atoms with Gasteiger partial charge in [-0.25, -0.2) is 0 Å². The number of hydrogen-bond acceptors (Lipinski definition) is 2.